The Balaban J connectivity index is 2.08. The molecular weight excluding hydrogens is 573 g/mol. The molecular formula is C29H33Cl2N3O5S. The van der Waals surface area contributed by atoms with Crippen LogP contribution in [0.5, 0.6) is 5.75 Å². The highest BCUT2D eigenvalue weighted by molar-refractivity contribution is 7.92. The van der Waals surface area contributed by atoms with Crippen LogP contribution in [0, 0.1) is 0 Å². The SMILES string of the molecule is COc1cccc(CN(C(=O)CN(c2cccc(Cl)c2Cl)S(=O)(=O)c2ccccc2)[C@H](C)C(=O)NC(C)(C)C)c1. The van der Waals surface area contributed by atoms with Gasteiger partial charge in [0, 0.05) is 12.1 Å². The van der Waals surface area contributed by atoms with Gasteiger partial charge >= 0.3 is 0 Å². The molecule has 40 heavy (non-hydrogen) atoms. The lowest BCUT2D eigenvalue weighted by atomic mass is 10.1. The van der Waals surface area contributed by atoms with Gasteiger partial charge in [-0.05, 0) is 69.7 Å². The van der Waals surface area contributed by atoms with Gasteiger partial charge in [-0.3, -0.25) is 13.9 Å². The van der Waals surface area contributed by atoms with E-state index in [4.69, 9.17) is 27.9 Å². The summed E-state index contributed by atoms with van der Waals surface area (Å²) in [4.78, 5) is 28.5. The van der Waals surface area contributed by atoms with Crippen molar-refractivity contribution in [1.82, 2.24) is 10.2 Å². The van der Waals surface area contributed by atoms with Crippen molar-refractivity contribution in [2.24, 2.45) is 0 Å². The van der Waals surface area contributed by atoms with E-state index in [0.717, 1.165) is 4.31 Å². The molecule has 3 rings (SSSR count). The number of nitrogens with zero attached hydrogens (tertiary/aromatic N) is 2. The standard InChI is InChI=1S/C29H33Cl2N3O5S/c1-20(28(36)32-29(2,3)4)33(18-21-11-9-12-22(17-21)39-5)26(35)19-34(25-16-10-15-24(30)27(25)31)40(37,38)23-13-7-6-8-14-23/h6-17,20H,18-19H2,1-5H3,(H,32,36)/t20-/m1/s1. The third kappa shape index (κ3) is 7.68. The van der Waals surface area contributed by atoms with E-state index < -0.39 is 34.1 Å². The number of ether oxygens (including phenoxy) is 1. The van der Waals surface area contributed by atoms with Gasteiger partial charge in [0.15, 0.2) is 0 Å². The molecule has 214 valence electrons. The number of benzene rings is 3. The average molecular weight is 607 g/mol. The van der Waals surface area contributed by atoms with Gasteiger partial charge in [0.1, 0.15) is 18.3 Å². The first-order chi connectivity index (χ1) is 18.7. The predicted molar refractivity (Wildman–Crippen MR) is 158 cm³/mol. The number of carbonyl (C=O) groups excluding carboxylic acids is 2. The Labute approximate surface area is 245 Å². The Bertz CT molecular complexity index is 1460. The van der Waals surface area contributed by atoms with E-state index in [2.05, 4.69) is 5.32 Å². The summed E-state index contributed by atoms with van der Waals surface area (Å²) in [5.74, 6) is -0.424. The molecule has 1 N–H and O–H groups in total. The third-order valence-corrected chi connectivity index (χ3v) is 8.55. The number of amides is 2. The number of anilines is 1. The van der Waals surface area contributed by atoms with Crippen molar-refractivity contribution in [3.8, 4) is 5.75 Å². The molecule has 0 aliphatic carbocycles. The van der Waals surface area contributed by atoms with Crippen molar-refractivity contribution in [3.63, 3.8) is 0 Å². The number of methoxy groups -OCH3 is 1. The molecule has 0 aliphatic rings. The van der Waals surface area contributed by atoms with Gasteiger partial charge in [-0.25, -0.2) is 8.42 Å². The smallest absolute Gasteiger partial charge is 0.264 e. The zero-order valence-electron chi connectivity index (χ0n) is 23.0. The van der Waals surface area contributed by atoms with Crippen molar-refractivity contribution in [2.45, 2.75) is 50.7 Å². The van der Waals surface area contributed by atoms with Crippen LogP contribution in [0.25, 0.3) is 0 Å². The average Bonchev–Trinajstić information content (AvgIpc) is 2.91. The quantitative estimate of drug-likeness (QED) is 0.328. The molecule has 0 aliphatic heterocycles. The van der Waals surface area contributed by atoms with Gasteiger partial charge < -0.3 is 15.0 Å². The number of rotatable bonds is 10. The molecule has 0 saturated heterocycles. The molecule has 1 atom stereocenters. The van der Waals surface area contributed by atoms with Crippen molar-refractivity contribution in [2.75, 3.05) is 18.0 Å². The molecule has 0 fully saturated rings. The summed E-state index contributed by atoms with van der Waals surface area (Å²) < 4.78 is 33.9. The second kappa shape index (κ2) is 12.9. The van der Waals surface area contributed by atoms with Crippen molar-refractivity contribution in [1.29, 1.82) is 0 Å². The summed E-state index contributed by atoms with van der Waals surface area (Å²) in [6, 6.07) is 18.4. The summed E-state index contributed by atoms with van der Waals surface area (Å²) in [6.45, 7) is 6.50. The molecule has 0 spiro atoms. The topological polar surface area (TPSA) is 96.0 Å². The van der Waals surface area contributed by atoms with E-state index in [1.165, 1.54) is 36.3 Å². The first-order valence-electron chi connectivity index (χ1n) is 12.5. The van der Waals surface area contributed by atoms with E-state index in [-0.39, 0.29) is 33.1 Å². The molecule has 11 heteroatoms. The van der Waals surface area contributed by atoms with Crippen LogP contribution in [-0.4, -0.2) is 50.4 Å². The largest absolute Gasteiger partial charge is 0.497 e. The van der Waals surface area contributed by atoms with Gasteiger partial charge in [-0.2, -0.15) is 0 Å². The van der Waals surface area contributed by atoms with Crippen molar-refractivity contribution in [3.05, 3.63) is 88.4 Å². The van der Waals surface area contributed by atoms with Crippen molar-refractivity contribution < 1.29 is 22.7 Å². The number of carbonyl (C=O) groups is 2. The minimum absolute atomic E-state index is 0.0191. The van der Waals surface area contributed by atoms with Gasteiger partial charge in [-0.15, -0.1) is 0 Å². The molecule has 0 bridgehead atoms. The highest BCUT2D eigenvalue weighted by Crippen LogP contribution is 2.35. The fourth-order valence-corrected chi connectivity index (χ4v) is 5.84. The second-order valence-electron chi connectivity index (χ2n) is 10.2. The summed E-state index contributed by atoms with van der Waals surface area (Å²) in [5, 5.41) is 3.00. The molecule has 2 amide bonds. The molecule has 8 nitrogen and oxygen atoms in total. The summed E-state index contributed by atoms with van der Waals surface area (Å²) in [6.07, 6.45) is 0. The van der Waals surface area contributed by atoms with Gasteiger partial charge in [-0.1, -0.05) is 59.6 Å². The Morgan fingerprint density at radius 1 is 0.975 bits per heavy atom. The highest BCUT2D eigenvalue weighted by Gasteiger charge is 2.34. The first-order valence-corrected chi connectivity index (χ1v) is 14.7. The van der Waals surface area contributed by atoms with Gasteiger partial charge in [0.2, 0.25) is 11.8 Å². The minimum Gasteiger partial charge on any atom is -0.497 e. The Kier molecular flexibility index (Phi) is 10.1. The molecule has 3 aromatic rings. The summed E-state index contributed by atoms with van der Waals surface area (Å²) in [7, 11) is -2.73. The Morgan fingerprint density at radius 2 is 1.62 bits per heavy atom. The number of sulfonamides is 1. The second-order valence-corrected chi connectivity index (χ2v) is 12.8. The molecule has 0 radical (unpaired) electrons. The van der Waals surface area contributed by atoms with Crippen LogP contribution in [0.15, 0.2) is 77.7 Å². The first kappa shape index (κ1) is 31.3. The number of hydrogen-bond donors (Lipinski definition) is 1. The number of halogens is 2. The van der Waals surface area contributed by atoms with Crippen molar-refractivity contribution >= 4 is 50.7 Å². The molecule has 3 aromatic carbocycles. The van der Waals surface area contributed by atoms with E-state index in [0.29, 0.717) is 11.3 Å². The number of hydrogen-bond acceptors (Lipinski definition) is 5. The summed E-state index contributed by atoms with van der Waals surface area (Å²) in [5.41, 5.74) is 0.188. The van der Waals surface area contributed by atoms with Crippen LogP contribution in [-0.2, 0) is 26.2 Å². The molecule has 0 aromatic heterocycles. The van der Waals surface area contributed by atoms with Crippen LogP contribution in [0.3, 0.4) is 0 Å². The Morgan fingerprint density at radius 3 is 2.25 bits per heavy atom. The predicted octanol–water partition coefficient (Wildman–Crippen LogP) is 5.53. The maximum absolute atomic E-state index is 14.0. The number of nitrogens with one attached hydrogen (secondary N) is 1. The zero-order valence-corrected chi connectivity index (χ0v) is 25.3. The van der Waals surface area contributed by atoms with Gasteiger partial charge in [0.05, 0.1) is 27.7 Å². The fraction of sp³-hybridized carbons (Fsp3) is 0.310. The summed E-state index contributed by atoms with van der Waals surface area (Å²) >= 11 is 12.7. The van der Waals surface area contributed by atoms with E-state index in [1.807, 2.05) is 20.8 Å². The fourth-order valence-electron chi connectivity index (χ4n) is 3.94. The maximum atomic E-state index is 14.0. The van der Waals surface area contributed by atoms with E-state index in [1.54, 1.807) is 55.5 Å². The lowest BCUT2D eigenvalue weighted by molar-refractivity contribution is -0.140. The van der Waals surface area contributed by atoms with Crippen LogP contribution in [0.2, 0.25) is 10.0 Å². The van der Waals surface area contributed by atoms with E-state index in [9.17, 15) is 18.0 Å². The van der Waals surface area contributed by atoms with Gasteiger partial charge in [0.25, 0.3) is 10.0 Å². The van der Waals surface area contributed by atoms with E-state index >= 15 is 0 Å². The maximum Gasteiger partial charge on any atom is 0.264 e. The monoisotopic (exact) mass is 605 g/mol. The minimum atomic E-state index is -4.26. The van der Waals surface area contributed by atoms with Crippen LogP contribution < -0.4 is 14.4 Å². The molecule has 0 unspecified atom stereocenters. The lowest BCUT2D eigenvalue weighted by Crippen LogP contribution is -2.54. The normalized spacial score (nSPS) is 12.4. The Hall–Kier alpha value is -3.27. The van der Waals surface area contributed by atoms with Crippen LogP contribution >= 0.6 is 23.2 Å². The third-order valence-electron chi connectivity index (χ3n) is 5.96. The molecule has 0 saturated carbocycles. The highest BCUT2D eigenvalue weighted by atomic mass is 35.5. The van der Waals surface area contributed by atoms with Crippen LogP contribution in [0.4, 0.5) is 5.69 Å². The zero-order chi connectivity index (χ0) is 29.7. The molecule has 0 heterocycles. The lowest BCUT2D eigenvalue weighted by Gasteiger charge is -2.33. The van der Waals surface area contributed by atoms with Crippen LogP contribution in [0.1, 0.15) is 33.3 Å².